The van der Waals surface area contributed by atoms with Crippen molar-refractivity contribution in [1.82, 2.24) is 19.9 Å². The molecule has 6 nitrogen and oxygen atoms in total. The van der Waals surface area contributed by atoms with Crippen LogP contribution in [0.25, 0.3) is 15.9 Å². The molecule has 17 heavy (non-hydrogen) atoms. The summed E-state index contributed by atoms with van der Waals surface area (Å²) in [4.78, 5) is 22.1. The average molecular weight is 229 g/mol. The highest BCUT2D eigenvalue weighted by molar-refractivity contribution is 5.91. The van der Waals surface area contributed by atoms with Crippen LogP contribution in [0.4, 0.5) is 5.69 Å². The Morgan fingerprint density at radius 2 is 2.35 bits per heavy atom. The van der Waals surface area contributed by atoms with Gasteiger partial charge in [0.2, 0.25) is 5.69 Å². The van der Waals surface area contributed by atoms with Gasteiger partial charge in [-0.1, -0.05) is 0 Å². The van der Waals surface area contributed by atoms with Crippen LogP contribution >= 0.6 is 0 Å². The van der Waals surface area contributed by atoms with Crippen LogP contribution in [0.2, 0.25) is 0 Å². The SMILES string of the molecule is [C-]#[N+]c1c2n(c3c(=O)[nH]cnc13)CCNCC2. The van der Waals surface area contributed by atoms with Crippen LogP contribution in [0, 0.1) is 6.57 Å². The van der Waals surface area contributed by atoms with E-state index in [1.807, 2.05) is 4.57 Å². The van der Waals surface area contributed by atoms with Crippen LogP contribution in [-0.2, 0) is 13.0 Å². The topological polar surface area (TPSA) is 67.1 Å². The number of nitrogens with zero attached hydrogens (tertiary/aromatic N) is 3. The van der Waals surface area contributed by atoms with Gasteiger partial charge in [-0.15, -0.1) is 0 Å². The van der Waals surface area contributed by atoms with E-state index in [1.54, 1.807) is 0 Å². The first-order valence-electron chi connectivity index (χ1n) is 5.50. The standard InChI is InChI=1S/C11H11N5O/c1-12-8-7-2-3-13-4-5-16(7)10-9(8)14-6-15-11(10)17/h6,13H,2-5H2,(H,14,15,17). The van der Waals surface area contributed by atoms with E-state index in [0.29, 0.717) is 23.3 Å². The summed E-state index contributed by atoms with van der Waals surface area (Å²) in [6.07, 6.45) is 2.12. The molecule has 0 fully saturated rings. The first-order chi connectivity index (χ1) is 8.33. The smallest absolute Gasteiger partial charge is 0.273 e. The molecule has 1 aliphatic rings. The Morgan fingerprint density at radius 3 is 3.18 bits per heavy atom. The van der Waals surface area contributed by atoms with Crippen molar-refractivity contribution in [1.29, 1.82) is 0 Å². The lowest BCUT2D eigenvalue weighted by molar-refractivity contribution is 0.656. The van der Waals surface area contributed by atoms with Crippen LogP contribution in [0.1, 0.15) is 5.69 Å². The Morgan fingerprint density at radius 1 is 1.47 bits per heavy atom. The molecule has 2 aromatic rings. The maximum Gasteiger partial charge on any atom is 0.273 e. The van der Waals surface area contributed by atoms with Crippen LogP contribution in [0.3, 0.4) is 0 Å². The molecule has 0 spiro atoms. The van der Waals surface area contributed by atoms with E-state index >= 15 is 0 Å². The van der Waals surface area contributed by atoms with Crippen LogP contribution in [-0.4, -0.2) is 27.6 Å². The molecule has 2 aromatic heterocycles. The van der Waals surface area contributed by atoms with E-state index in [-0.39, 0.29) is 5.56 Å². The van der Waals surface area contributed by atoms with Gasteiger partial charge in [-0.3, -0.25) is 4.79 Å². The van der Waals surface area contributed by atoms with Crippen LogP contribution in [0.5, 0.6) is 0 Å². The molecule has 0 amide bonds. The zero-order chi connectivity index (χ0) is 11.8. The van der Waals surface area contributed by atoms with Gasteiger partial charge in [0.1, 0.15) is 11.0 Å². The average Bonchev–Trinajstić information content (AvgIpc) is 2.49. The van der Waals surface area contributed by atoms with E-state index in [9.17, 15) is 4.79 Å². The second kappa shape index (κ2) is 3.71. The van der Waals surface area contributed by atoms with Crippen molar-refractivity contribution < 1.29 is 0 Å². The van der Waals surface area contributed by atoms with Crippen LogP contribution in [0.15, 0.2) is 11.1 Å². The van der Waals surface area contributed by atoms with Crippen molar-refractivity contribution in [3.8, 4) is 0 Å². The van der Waals surface area contributed by atoms with Gasteiger partial charge in [0, 0.05) is 18.8 Å². The monoisotopic (exact) mass is 229 g/mol. The molecular formula is C11H11N5O. The first-order valence-corrected chi connectivity index (χ1v) is 5.50. The predicted octanol–water partition coefficient (Wildman–Crippen LogP) is 0.421. The molecule has 86 valence electrons. The minimum absolute atomic E-state index is 0.173. The van der Waals surface area contributed by atoms with Gasteiger partial charge in [0.15, 0.2) is 0 Å². The zero-order valence-corrected chi connectivity index (χ0v) is 9.16. The lowest BCUT2D eigenvalue weighted by Gasteiger charge is -2.04. The van der Waals surface area contributed by atoms with Crippen molar-refractivity contribution in [3.05, 3.63) is 33.8 Å². The van der Waals surface area contributed by atoms with Crippen molar-refractivity contribution in [2.24, 2.45) is 0 Å². The minimum Gasteiger partial charge on any atom is -0.348 e. The molecule has 0 radical (unpaired) electrons. The van der Waals surface area contributed by atoms with Crippen LogP contribution < -0.4 is 10.9 Å². The maximum absolute atomic E-state index is 11.9. The molecule has 3 rings (SSSR count). The molecular weight excluding hydrogens is 218 g/mol. The molecule has 0 bridgehead atoms. The first kappa shape index (κ1) is 10.1. The Kier molecular flexibility index (Phi) is 2.20. The number of hydrogen-bond acceptors (Lipinski definition) is 3. The lowest BCUT2D eigenvalue weighted by Crippen LogP contribution is -2.18. The highest BCUT2D eigenvalue weighted by Gasteiger charge is 2.21. The van der Waals surface area contributed by atoms with E-state index in [4.69, 9.17) is 6.57 Å². The highest BCUT2D eigenvalue weighted by Crippen LogP contribution is 2.30. The van der Waals surface area contributed by atoms with E-state index in [1.165, 1.54) is 6.33 Å². The molecule has 0 aliphatic carbocycles. The molecule has 6 heteroatoms. The number of hydrogen-bond donors (Lipinski definition) is 2. The van der Waals surface area contributed by atoms with Gasteiger partial charge >= 0.3 is 0 Å². The van der Waals surface area contributed by atoms with Crippen molar-refractivity contribution >= 4 is 16.7 Å². The summed E-state index contributed by atoms with van der Waals surface area (Å²) >= 11 is 0. The van der Waals surface area contributed by atoms with Gasteiger partial charge in [-0.2, -0.15) is 0 Å². The molecule has 0 saturated heterocycles. The van der Waals surface area contributed by atoms with Gasteiger partial charge in [0.05, 0.1) is 12.9 Å². The molecule has 0 atom stereocenters. The van der Waals surface area contributed by atoms with E-state index < -0.39 is 0 Å². The fourth-order valence-electron chi connectivity index (χ4n) is 2.36. The van der Waals surface area contributed by atoms with Crippen molar-refractivity contribution in [3.63, 3.8) is 0 Å². The predicted molar refractivity (Wildman–Crippen MR) is 63.2 cm³/mol. The quantitative estimate of drug-likeness (QED) is 0.643. The number of fused-ring (bicyclic) bond motifs is 3. The summed E-state index contributed by atoms with van der Waals surface area (Å²) in [7, 11) is 0. The molecule has 2 N–H and O–H groups in total. The second-order valence-electron chi connectivity index (χ2n) is 3.99. The molecule has 3 heterocycles. The normalized spacial score (nSPS) is 15.2. The van der Waals surface area contributed by atoms with Gasteiger partial charge in [0.25, 0.3) is 5.56 Å². The van der Waals surface area contributed by atoms with Gasteiger partial charge in [-0.25, -0.2) is 9.83 Å². The Bertz CT molecular complexity index is 675. The lowest BCUT2D eigenvalue weighted by atomic mass is 10.2. The fourth-order valence-corrected chi connectivity index (χ4v) is 2.36. The Hall–Kier alpha value is -2.13. The molecule has 0 unspecified atom stereocenters. The number of aromatic nitrogens is 3. The number of rotatable bonds is 0. The molecule has 0 aromatic carbocycles. The number of nitrogens with one attached hydrogen (secondary N) is 2. The summed E-state index contributed by atoms with van der Waals surface area (Å²) in [6.45, 7) is 9.61. The molecule has 1 aliphatic heterocycles. The fraction of sp³-hybridized carbons (Fsp3) is 0.364. The highest BCUT2D eigenvalue weighted by atomic mass is 16.1. The van der Waals surface area contributed by atoms with Gasteiger partial charge in [-0.05, 0) is 13.0 Å². The summed E-state index contributed by atoms with van der Waals surface area (Å²) in [5.74, 6) is 0. The largest absolute Gasteiger partial charge is 0.348 e. The number of aromatic amines is 1. The summed E-state index contributed by atoms with van der Waals surface area (Å²) in [5, 5.41) is 3.26. The minimum atomic E-state index is -0.173. The summed E-state index contributed by atoms with van der Waals surface area (Å²) in [6, 6.07) is 0. The third-order valence-electron chi connectivity index (χ3n) is 3.08. The van der Waals surface area contributed by atoms with E-state index in [0.717, 1.165) is 25.2 Å². The maximum atomic E-state index is 11.9. The Balaban J connectivity index is 2.46. The second-order valence-corrected chi connectivity index (χ2v) is 3.99. The number of H-pyrrole nitrogens is 1. The zero-order valence-electron chi connectivity index (χ0n) is 9.16. The van der Waals surface area contributed by atoms with Crippen molar-refractivity contribution in [2.75, 3.05) is 13.1 Å². The van der Waals surface area contributed by atoms with Gasteiger partial charge < -0.3 is 14.9 Å². The Labute approximate surface area is 97.1 Å². The molecule has 0 saturated carbocycles. The third-order valence-corrected chi connectivity index (χ3v) is 3.08. The summed E-state index contributed by atoms with van der Waals surface area (Å²) in [5.41, 5.74) is 2.32. The summed E-state index contributed by atoms with van der Waals surface area (Å²) < 4.78 is 1.93. The van der Waals surface area contributed by atoms with Crippen molar-refractivity contribution in [2.45, 2.75) is 13.0 Å². The third kappa shape index (κ3) is 1.36. The van der Waals surface area contributed by atoms with E-state index in [2.05, 4.69) is 20.1 Å².